The number of anilines is 2. The highest BCUT2D eigenvalue weighted by Gasteiger charge is 2.60. The number of nitrogens with zero attached hydrogens (tertiary/aromatic N) is 3. The van der Waals surface area contributed by atoms with Crippen LogP contribution in [-0.2, 0) is 20.2 Å². The molecule has 3 aliphatic rings. The number of aromatic nitrogens is 1. The van der Waals surface area contributed by atoms with Crippen LogP contribution in [0.1, 0.15) is 48.9 Å². The molecule has 1 aromatic heterocycles. The summed E-state index contributed by atoms with van der Waals surface area (Å²) in [5.74, 6) is -0.950. The first-order chi connectivity index (χ1) is 18.2. The molecule has 3 heterocycles. The van der Waals surface area contributed by atoms with Crippen molar-refractivity contribution in [3.05, 3.63) is 72.2 Å². The van der Waals surface area contributed by atoms with Crippen LogP contribution >= 0.6 is 0 Å². The van der Waals surface area contributed by atoms with Crippen LogP contribution in [0.3, 0.4) is 0 Å². The maximum Gasteiger partial charge on any atom is 0.311 e. The number of piperidine rings is 1. The number of oxazole rings is 1. The number of hydrogen-bond acceptors (Lipinski definition) is 6. The van der Waals surface area contributed by atoms with Crippen molar-refractivity contribution in [2.24, 2.45) is 5.92 Å². The van der Waals surface area contributed by atoms with Crippen molar-refractivity contribution in [3.8, 4) is 0 Å². The molecule has 6 rings (SSSR count). The second-order valence-corrected chi connectivity index (χ2v) is 12.0. The lowest BCUT2D eigenvalue weighted by atomic mass is 9.68. The zero-order valence-corrected chi connectivity index (χ0v) is 21.6. The summed E-state index contributed by atoms with van der Waals surface area (Å²) in [6.07, 6.45) is 5.68. The molecule has 3 aromatic rings. The SMILES string of the molecule is CC(=O)N1CCC2(CC1)c1cc(NC(=O)c3ncco3)ccc1N(S(=O)(=O)c1ccc(F)cc1)C2C1CC1. The molecule has 9 nitrogen and oxygen atoms in total. The van der Waals surface area contributed by atoms with Crippen molar-refractivity contribution in [2.45, 2.75) is 49.0 Å². The standard InChI is InChI=1S/C27H27FN4O5S/c1-17(33)31-13-10-27(11-14-31)22-16-20(30-25(34)26-29-12-15-37-26)6-9-23(22)32(24(27)18-2-3-18)38(35,36)21-7-4-19(28)5-8-21/h4-9,12,15-16,18,24H,2-3,10-11,13-14H2,1H3,(H,30,34). The topological polar surface area (TPSA) is 113 Å². The third-order valence-electron chi connectivity index (χ3n) is 8.01. The van der Waals surface area contributed by atoms with Crippen LogP contribution < -0.4 is 9.62 Å². The Hall–Kier alpha value is -3.73. The Morgan fingerprint density at radius 3 is 2.42 bits per heavy atom. The highest BCUT2D eigenvalue weighted by atomic mass is 32.2. The summed E-state index contributed by atoms with van der Waals surface area (Å²) in [4.78, 5) is 30.5. The molecule has 1 saturated heterocycles. The van der Waals surface area contributed by atoms with Crippen molar-refractivity contribution >= 4 is 33.2 Å². The van der Waals surface area contributed by atoms with Crippen LogP contribution in [0.4, 0.5) is 15.8 Å². The van der Waals surface area contributed by atoms with E-state index in [1.807, 2.05) is 6.07 Å². The first-order valence-electron chi connectivity index (χ1n) is 12.6. The fourth-order valence-corrected chi connectivity index (χ4v) is 7.90. The number of nitrogens with one attached hydrogen (secondary N) is 1. The van der Waals surface area contributed by atoms with Crippen LogP contribution in [0.15, 0.2) is 64.2 Å². The van der Waals surface area contributed by atoms with E-state index in [4.69, 9.17) is 4.42 Å². The predicted molar refractivity (Wildman–Crippen MR) is 137 cm³/mol. The lowest BCUT2D eigenvalue weighted by Crippen LogP contribution is -2.54. The number of carbonyl (C=O) groups is 2. The van der Waals surface area contributed by atoms with Crippen LogP contribution in [0, 0.1) is 11.7 Å². The molecular formula is C27H27FN4O5S. The Labute approximate surface area is 219 Å². The molecule has 1 aliphatic carbocycles. The van der Waals surface area contributed by atoms with E-state index in [-0.39, 0.29) is 28.7 Å². The van der Waals surface area contributed by atoms with E-state index in [1.54, 1.807) is 24.0 Å². The average Bonchev–Trinajstić information content (AvgIpc) is 3.49. The van der Waals surface area contributed by atoms with E-state index in [0.29, 0.717) is 37.3 Å². The molecule has 2 aliphatic heterocycles. The predicted octanol–water partition coefficient (Wildman–Crippen LogP) is 3.93. The molecule has 1 saturated carbocycles. The maximum absolute atomic E-state index is 14.1. The Bertz CT molecular complexity index is 1490. The van der Waals surface area contributed by atoms with E-state index in [2.05, 4.69) is 10.3 Å². The van der Waals surface area contributed by atoms with Gasteiger partial charge in [-0.15, -0.1) is 0 Å². The molecule has 11 heteroatoms. The van der Waals surface area contributed by atoms with Crippen LogP contribution in [0.5, 0.6) is 0 Å². The van der Waals surface area contributed by atoms with Crippen molar-refractivity contribution in [2.75, 3.05) is 22.7 Å². The molecule has 38 heavy (non-hydrogen) atoms. The minimum atomic E-state index is -4.03. The quantitative estimate of drug-likeness (QED) is 0.527. The van der Waals surface area contributed by atoms with Crippen LogP contribution in [-0.4, -0.2) is 49.2 Å². The Morgan fingerprint density at radius 2 is 1.82 bits per heavy atom. The van der Waals surface area contributed by atoms with Gasteiger partial charge in [-0.05, 0) is 79.6 Å². The van der Waals surface area contributed by atoms with Crippen LogP contribution in [0.25, 0.3) is 0 Å². The van der Waals surface area contributed by atoms with Gasteiger partial charge in [-0.3, -0.25) is 13.9 Å². The van der Waals surface area contributed by atoms with E-state index in [9.17, 15) is 22.4 Å². The Morgan fingerprint density at radius 1 is 1.11 bits per heavy atom. The molecule has 0 radical (unpaired) electrons. The highest BCUT2D eigenvalue weighted by Crippen LogP contribution is 2.59. The van der Waals surface area contributed by atoms with E-state index >= 15 is 0 Å². The van der Waals surface area contributed by atoms with Crippen molar-refractivity contribution in [1.29, 1.82) is 0 Å². The second-order valence-electron chi connectivity index (χ2n) is 10.2. The summed E-state index contributed by atoms with van der Waals surface area (Å²) in [6.45, 7) is 2.56. The minimum absolute atomic E-state index is 0.0104. The van der Waals surface area contributed by atoms with E-state index in [1.165, 1.54) is 28.9 Å². The van der Waals surface area contributed by atoms with Gasteiger partial charge in [-0.1, -0.05) is 0 Å². The summed E-state index contributed by atoms with van der Waals surface area (Å²) < 4.78 is 48.5. The third-order valence-corrected chi connectivity index (χ3v) is 9.82. The average molecular weight is 539 g/mol. The number of hydrogen-bond donors (Lipinski definition) is 1. The zero-order chi connectivity index (χ0) is 26.7. The number of fused-ring (bicyclic) bond motifs is 2. The number of likely N-dealkylation sites (tertiary alicyclic amines) is 1. The molecule has 1 N–H and O–H groups in total. The molecule has 198 valence electrons. The van der Waals surface area contributed by atoms with Gasteiger partial charge in [0.1, 0.15) is 12.1 Å². The van der Waals surface area contributed by atoms with Gasteiger partial charge in [0, 0.05) is 31.1 Å². The minimum Gasteiger partial charge on any atom is -0.441 e. The fraction of sp³-hybridized carbons (Fsp3) is 0.370. The molecule has 2 fully saturated rings. The highest BCUT2D eigenvalue weighted by molar-refractivity contribution is 7.92. The first kappa shape index (κ1) is 24.6. The number of amides is 2. The molecule has 2 aromatic carbocycles. The fourth-order valence-electron chi connectivity index (χ4n) is 6.10. The lowest BCUT2D eigenvalue weighted by molar-refractivity contribution is -0.130. The Kier molecular flexibility index (Phi) is 5.78. The molecule has 1 unspecified atom stereocenters. The molecule has 0 bridgehead atoms. The van der Waals surface area contributed by atoms with Gasteiger partial charge < -0.3 is 14.6 Å². The monoisotopic (exact) mass is 538 g/mol. The van der Waals surface area contributed by atoms with Crippen molar-refractivity contribution < 1.29 is 26.8 Å². The van der Waals surface area contributed by atoms with Gasteiger partial charge in [0.05, 0.1) is 22.8 Å². The van der Waals surface area contributed by atoms with E-state index < -0.39 is 27.2 Å². The summed E-state index contributed by atoms with van der Waals surface area (Å²) in [6, 6.07) is 9.78. The van der Waals surface area contributed by atoms with Crippen molar-refractivity contribution in [3.63, 3.8) is 0 Å². The number of benzene rings is 2. The lowest BCUT2D eigenvalue weighted by Gasteiger charge is -2.45. The normalized spacial score (nSPS) is 20.4. The molecular weight excluding hydrogens is 511 g/mol. The summed E-state index contributed by atoms with van der Waals surface area (Å²) in [7, 11) is -4.03. The van der Waals surface area contributed by atoms with Gasteiger partial charge in [-0.25, -0.2) is 17.8 Å². The number of halogens is 1. The number of sulfonamides is 1. The van der Waals surface area contributed by atoms with Crippen molar-refractivity contribution in [1.82, 2.24) is 9.88 Å². The largest absolute Gasteiger partial charge is 0.441 e. The summed E-state index contributed by atoms with van der Waals surface area (Å²) in [5, 5.41) is 2.80. The summed E-state index contributed by atoms with van der Waals surface area (Å²) in [5.41, 5.74) is 1.33. The van der Waals surface area contributed by atoms with Gasteiger partial charge in [0.15, 0.2) is 0 Å². The van der Waals surface area contributed by atoms with Crippen LogP contribution in [0.2, 0.25) is 0 Å². The number of rotatable bonds is 5. The Balaban J connectivity index is 1.47. The maximum atomic E-state index is 14.1. The molecule has 2 amide bonds. The van der Waals surface area contributed by atoms with Gasteiger partial charge in [0.2, 0.25) is 5.91 Å². The van der Waals surface area contributed by atoms with Gasteiger partial charge in [-0.2, -0.15) is 0 Å². The third kappa shape index (κ3) is 3.96. The number of carbonyl (C=O) groups excluding carboxylic acids is 2. The zero-order valence-electron chi connectivity index (χ0n) is 20.8. The van der Waals surface area contributed by atoms with E-state index in [0.717, 1.165) is 30.5 Å². The second kappa shape index (κ2) is 8.93. The first-order valence-corrected chi connectivity index (χ1v) is 14.1. The smallest absolute Gasteiger partial charge is 0.311 e. The van der Waals surface area contributed by atoms with Gasteiger partial charge in [0.25, 0.3) is 15.9 Å². The molecule has 1 spiro atoms. The summed E-state index contributed by atoms with van der Waals surface area (Å²) >= 11 is 0. The molecule has 1 atom stereocenters. The van der Waals surface area contributed by atoms with Gasteiger partial charge >= 0.3 is 5.91 Å².